The number of nitrogen functional groups attached to an aromatic ring is 1. The van der Waals surface area contributed by atoms with Gasteiger partial charge >= 0.3 is 5.97 Å². The van der Waals surface area contributed by atoms with Crippen molar-refractivity contribution >= 4 is 45.7 Å². The summed E-state index contributed by atoms with van der Waals surface area (Å²) in [6, 6.07) is 3.06. The Morgan fingerprint density at radius 3 is 2.86 bits per heavy atom. The molecule has 1 aromatic heterocycles. The summed E-state index contributed by atoms with van der Waals surface area (Å²) < 4.78 is 0.854. The van der Waals surface area contributed by atoms with Gasteiger partial charge in [0.1, 0.15) is 0 Å². The van der Waals surface area contributed by atoms with Gasteiger partial charge < -0.3 is 10.8 Å². The first kappa shape index (κ1) is 9.36. The standard InChI is InChI=1S/C9H7NO2S2/c10-5-1-4(9(11)12)2-7-8(5)6(13)3-14-7/h1-3,13H,10H2,(H,11,12). The molecule has 0 aliphatic carbocycles. The van der Waals surface area contributed by atoms with Crippen LogP contribution in [0.1, 0.15) is 10.4 Å². The normalized spacial score (nSPS) is 10.6. The number of thiol groups is 1. The molecule has 0 fully saturated rings. The summed E-state index contributed by atoms with van der Waals surface area (Å²) in [5.41, 5.74) is 6.41. The molecule has 0 spiro atoms. The predicted octanol–water partition coefficient (Wildman–Crippen LogP) is 2.47. The van der Waals surface area contributed by atoms with Crippen LogP contribution in [0.4, 0.5) is 5.69 Å². The molecule has 5 heteroatoms. The smallest absolute Gasteiger partial charge is 0.335 e. The Morgan fingerprint density at radius 1 is 1.50 bits per heavy atom. The highest BCUT2D eigenvalue weighted by atomic mass is 32.1. The predicted molar refractivity (Wildman–Crippen MR) is 60.4 cm³/mol. The minimum absolute atomic E-state index is 0.213. The molecule has 3 N–H and O–H groups in total. The maximum absolute atomic E-state index is 10.7. The molecule has 0 atom stereocenters. The summed E-state index contributed by atoms with van der Waals surface area (Å²) >= 11 is 5.68. The Balaban J connectivity index is 2.80. The first-order chi connectivity index (χ1) is 6.59. The lowest BCUT2D eigenvalue weighted by molar-refractivity contribution is 0.0697. The third kappa shape index (κ3) is 1.34. The van der Waals surface area contributed by atoms with Crippen LogP contribution < -0.4 is 5.73 Å². The van der Waals surface area contributed by atoms with E-state index in [2.05, 4.69) is 12.6 Å². The van der Waals surface area contributed by atoms with Gasteiger partial charge in [-0.25, -0.2) is 4.79 Å². The summed E-state index contributed by atoms with van der Waals surface area (Å²) in [7, 11) is 0. The van der Waals surface area contributed by atoms with Gasteiger partial charge in [-0.1, -0.05) is 0 Å². The number of thiophene rings is 1. The topological polar surface area (TPSA) is 63.3 Å². The van der Waals surface area contributed by atoms with Crippen molar-refractivity contribution in [1.29, 1.82) is 0 Å². The number of nitrogens with two attached hydrogens (primary N) is 1. The Kier molecular flexibility index (Phi) is 2.13. The van der Waals surface area contributed by atoms with Crippen molar-refractivity contribution in [2.45, 2.75) is 4.90 Å². The lowest BCUT2D eigenvalue weighted by Crippen LogP contribution is -1.97. The van der Waals surface area contributed by atoms with Crippen molar-refractivity contribution in [2.75, 3.05) is 5.73 Å². The Morgan fingerprint density at radius 2 is 2.21 bits per heavy atom. The number of anilines is 1. The molecule has 1 heterocycles. The maximum atomic E-state index is 10.7. The van der Waals surface area contributed by atoms with Crippen molar-refractivity contribution in [2.24, 2.45) is 0 Å². The maximum Gasteiger partial charge on any atom is 0.335 e. The fourth-order valence-electron chi connectivity index (χ4n) is 1.31. The van der Waals surface area contributed by atoms with Gasteiger partial charge in [0.15, 0.2) is 0 Å². The van der Waals surface area contributed by atoms with E-state index in [1.165, 1.54) is 17.4 Å². The fraction of sp³-hybridized carbons (Fsp3) is 0. The van der Waals surface area contributed by atoms with Crippen LogP contribution in [0.15, 0.2) is 22.4 Å². The molecule has 0 saturated carbocycles. The molecule has 3 nitrogen and oxygen atoms in total. The van der Waals surface area contributed by atoms with Crippen LogP contribution in [0.5, 0.6) is 0 Å². The molecule has 0 aliphatic rings. The van der Waals surface area contributed by atoms with Crippen LogP contribution in [0.25, 0.3) is 10.1 Å². The van der Waals surface area contributed by atoms with E-state index < -0.39 is 5.97 Å². The largest absolute Gasteiger partial charge is 0.478 e. The van der Waals surface area contributed by atoms with Crippen LogP contribution in [0.2, 0.25) is 0 Å². The van der Waals surface area contributed by atoms with Gasteiger partial charge in [-0.2, -0.15) is 0 Å². The number of rotatable bonds is 1. The lowest BCUT2D eigenvalue weighted by atomic mass is 10.1. The highest BCUT2D eigenvalue weighted by molar-refractivity contribution is 7.80. The van der Waals surface area contributed by atoms with E-state index in [1.54, 1.807) is 6.07 Å². The lowest BCUT2D eigenvalue weighted by Gasteiger charge is -2.00. The quantitative estimate of drug-likeness (QED) is 0.516. The van der Waals surface area contributed by atoms with Gasteiger partial charge in [-0.3, -0.25) is 0 Å². The Hall–Kier alpha value is -1.20. The van der Waals surface area contributed by atoms with E-state index in [9.17, 15) is 4.79 Å². The molecule has 0 unspecified atom stereocenters. The second-order valence-corrected chi connectivity index (χ2v) is 4.26. The van der Waals surface area contributed by atoms with Gasteiger partial charge in [0, 0.05) is 26.0 Å². The van der Waals surface area contributed by atoms with Gasteiger partial charge in [0.2, 0.25) is 0 Å². The monoisotopic (exact) mass is 225 g/mol. The number of fused-ring (bicyclic) bond motifs is 1. The molecule has 14 heavy (non-hydrogen) atoms. The van der Waals surface area contributed by atoms with E-state index in [-0.39, 0.29) is 5.56 Å². The second-order valence-electron chi connectivity index (χ2n) is 2.86. The average Bonchev–Trinajstić information content (AvgIpc) is 2.48. The molecule has 72 valence electrons. The number of benzene rings is 1. The summed E-state index contributed by atoms with van der Waals surface area (Å²) in [5.74, 6) is -0.965. The van der Waals surface area contributed by atoms with E-state index >= 15 is 0 Å². The summed E-state index contributed by atoms with van der Waals surface area (Å²) in [6.45, 7) is 0. The van der Waals surface area contributed by atoms with Crippen molar-refractivity contribution in [3.05, 3.63) is 23.1 Å². The minimum atomic E-state index is -0.965. The number of carboxylic acid groups (broad SMARTS) is 1. The van der Waals surface area contributed by atoms with Crippen molar-refractivity contribution in [1.82, 2.24) is 0 Å². The van der Waals surface area contributed by atoms with Gasteiger partial charge in [0.05, 0.1) is 5.56 Å². The molecule has 0 bridgehead atoms. The molecule has 2 rings (SSSR count). The number of hydrogen-bond acceptors (Lipinski definition) is 4. The second kappa shape index (κ2) is 3.18. The number of hydrogen-bond donors (Lipinski definition) is 3. The number of carbonyl (C=O) groups is 1. The zero-order valence-corrected chi connectivity index (χ0v) is 8.73. The fourth-order valence-corrected chi connectivity index (χ4v) is 2.69. The number of aromatic carboxylic acids is 1. The SMILES string of the molecule is Nc1cc(C(=O)O)cc2scc(S)c12. The van der Waals surface area contributed by atoms with Crippen LogP contribution in [-0.2, 0) is 0 Å². The van der Waals surface area contributed by atoms with Crippen LogP contribution >= 0.6 is 24.0 Å². The molecule has 2 aromatic rings. The molecule has 1 aromatic carbocycles. The van der Waals surface area contributed by atoms with Gasteiger partial charge in [-0.15, -0.1) is 24.0 Å². The summed E-state index contributed by atoms with van der Waals surface area (Å²) in [5, 5.41) is 11.5. The first-order valence-corrected chi connectivity index (χ1v) is 5.15. The zero-order valence-electron chi connectivity index (χ0n) is 7.02. The van der Waals surface area contributed by atoms with E-state index in [1.807, 2.05) is 5.38 Å². The van der Waals surface area contributed by atoms with Crippen LogP contribution in [0.3, 0.4) is 0 Å². The van der Waals surface area contributed by atoms with Gasteiger partial charge in [0.25, 0.3) is 0 Å². The Labute approximate surface area is 89.6 Å². The van der Waals surface area contributed by atoms with Crippen molar-refractivity contribution < 1.29 is 9.90 Å². The van der Waals surface area contributed by atoms with Crippen LogP contribution in [0, 0.1) is 0 Å². The van der Waals surface area contributed by atoms with Crippen molar-refractivity contribution in [3.63, 3.8) is 0 Å². The third-order valence-electron chi connectivity index (χ3n) is 1.93. The summed E-state index contributed by atoms with van der Waals surface area (Å²) in [4.78, 5) is 11.5. The summed E-state index contributed by atoms with van der Waals surface area (Å²) in [6.07, 6.45) is 0. The molecule has 0 saturated heterocycles. The Bertz CT molecular complexity index is 519. The zero-order chi connectivity index (χ0) is 10.3. The average molecular weight is 225 g/mol. The molecular weight excluding hydrogens is 218 g/mol. The van der Waals surface area contributed by atoms with Crippen molar-refractivity contribution in [3.8, 4) is 0 Å². The van der Waals surface area contributed by atoms with E-state index in [0.717, 1.165) is 15.0 Å². The molecule has 0 amide bonds. The molecular formula is C9H7NO2S2. The van der Waals surface area contributed by atoms with Crippen LogP contribution in [-0.4, -0.2) is 11.1 Å². The number of carboxylic acids is 1. The highest BCUT2D eigenvalue weighted by Crippen LogP contribution is 2.34. The third-order valence-corrected chi connectivity index (χ3v) is 3.39. The van der Waals surface area contributed by atoms with E-state index in [4.69, 9.17) is 10.8 Å². The van der Waals surface area contributed by atoms with E-state index in [0.29, 0.717) is 5.69 Å². The van der Waals surface area contributed by atoms with Gasteiger partial charge in [-0.05, 0) is 12.1 Å². The first-order valence-electron chi connectivity index (χ1n) is 3.82. The highest BCUT2D eigenvalue weighted by Gasteiger charge is 2.10. The minimum Gasteiger partial charge on any atom is -0.478 e. The molecule has 0 aliphatic heterocycles. The molecule has 0 radical (unpaired) electrons.